The Labute approximate surface area is 134 Å². The second-order valence-corrected chi connectivity index (χ2v) is 5.10. The second-order valence-electron chi connectivity index (χ2n) is 4.72. The molecule has 0 saturated heterocycles. The number of aliphatic imine (C=N–C) groups is 1. The van der Waals surface area contributed by atoms with E-state index in [-0.39, 0.29) is 21.9 Å². The van der Waals surface area contributed by atoms with Crippen molar-refractivity contribution in [2.24, 2.45) is 4.99 Å². The van der Waals surface area contributed by atoms with E-state index < -0.39 is 16.8 Å². The number of nitrogens with zero attached hydrogens (tertiary/aromatic N) is 2. The average molecular weight is 337 g/mol. The van der Waals surface area contributed by atoms with Crippen LogP contribution in [0.15, 0.2) is 25.6 Å². The molecule has 23 heavy (non-hydrogen) atoms. The van der Waals surface area contributed by atoms with Crippen molar-refractivity contribution in [3.8, 4) is 5.88 Å². The van der Waals surface area contributed by atoms with Crippen molar-refractivity contribution in [1.29, 1.82) is 0 Å². The lowest BCUT2D eigenvalue weighted by molar-refractivity contribution is 0.398. The zero-order chi connectivity index (χ0) is 17.0. The zero-order valence-electron chi connectivity index (χ0n) is 12.3. The van der Waals surface area contributed by atoms with Crippen LogP contribution in [0.2, 0.25) is 0 Å². The summed E-state index contributed by atoms with van der Waals surface area (Å²) in [5.41, 5.74) is -2.22. The van der Waals surface area contributed by atoms with Gasteiger partial charge in [0.25, 0.3) is 11.1 Å². The standard InChI is InChI=1S/C13H15N5O4S/c1-2-3-4-18-11(21)7(9(19)17-13(18)23)5-14-8-6-15-12(22)16-10(8)20/h5-6,21H,2-4H2,1H3,(H,17,19,23)(H2,15,16,20,22). The quantitative estimate of drug-likeness (QED) is 0.466. The van der Waals surface area contributed by atoms with Crippen molar-refractivity contribution in [2.45, 2.75) is 26.3 Å². The Balaban J connectivity index is 2.49. The first-order chi connectivity index (χ1) is 10.9. The number of unbranched alkanes of at least 4 members (excludes halogenated alkanes) is 1. The lowest BCUT2D eigenvalue weighted by Gasteiger charge is -2.10. The number of hydrogen-bond donors (Lipinski definition) is 4. The summed E-state index contributed by atoms with van der Waals surface area (Å²) in [6.07, 6.45) is 3.81. The fraction of sp³-hybridized carbons (Fsp3) is 0.308. The summed E-state index contributed by atoms with van der Waals surface area (Å²) in [5.74, 6) is -0.322. The third-order valence-electron chi connectivity index (χ3n) is 3.07. The van der Waals surface area contributed by atoms with Crippen LogP contribution in [-0.4, -0.2) is 30.8 Å². The van der Waals surface area contributed by atoms with Crippen LogP contribution < -0.4 is 16.8 Å². The highest BCUT2D eigenvalue weighted by Crippen LogP contribution is 2.13. The first kappa shape index (κ1) is 16.6. The van der Waals surface area contributed by atoms with Crippen LogP contribution in [-0.2, 0) is 6.54 Å². The van der Waals surface area contributed by atoms with E-state index in [0.717, 1.165) is 25.3 Å². The third kappa shape index (κ3) is 3.72. The van der Waals surface area contributed by atoms with Crippen molar-refractivity contribution in [3.05, 3.63) is 47.7 Å². The van der Waals surface area contributed by atoms with E-state index >= 15 is 0 Å². The second kappa shape index (κ2) is 7.01. The molecule has 0 radical (unpaired) electrons. The van der Waals surface area contributed by atoms with E-state index in [1.54, 1.807) is 0 Å². The number of aromatic nitrogens is 4. The van der Waals surface area contributed by atoms with E-state index in [1.807, 2.05) is 11.9 Å². The predicted molar refractivity (Wildman–Crippen MR) is 87.4 cm³/mol. The summed E-state index contributed by atoms with van der Waals surface area (Å²) in [6.45, 7) is 2.43. The van der Waals surface area contributed by atoms with Crippen molar-refractivity contribution in [2.75, 3.05) is 0 Å². The number of H-pyrrole nitrogens is 3. The molecule has 0 aliphatic rings. The molecule has 0 amide bonds. The Morgan fingerprint density at radius 1 is 1.30 bits per heavy atom. The molecule has 2 heterocycles. The molecule has 0 fully saturated rings. The van der Waals surface area contributed by atoms with Crippen molar-refractivity contribution in [1.82, 2.24) is 19.5 Å². The zero-order valence-corrected chi connectivity index (χ0v) is 13.1. The Morgan fingerprint density at radius 2 is 2.04 bits per heavy atom. The Morgan fingerprint density at radius 3 is 2.70 bits per heavy atom. The topological polar surface area (TPSA) is 136 Å². The summed E-state index contributed by atoms with van der Waals surface area (Å²) >= 11 is 5.02. The van der Waals surface area contributed by atoms with E-state index in [0.29, 0.717) is 6.54 Å². The highest BCUT2D eigenvalue weighted by atomic mass is 32.1. The Hall–Kier alpha value is -2.75. The number of aromatic amines is 3. The van der Waals surface area contributed by atoms with Gasteiger partial charge in [0.2, 0.25) is 5.88 Å². The molecular formula is C13H15N5O4S. The van der Waals surface area contributed by atoms with Gasteiger partial charge in [0.15, 0.2) is 4.77 Å². The lowest BCUT2D eigenvalue weighted by Crippen LogP contribution is -2.21. The molecule has 0 aliphatic heterocycles. The first-order valence-electron chi connectivity index (χ1n) is 6.86. The molecule has 122 valence electrons. The maximum Gasteiger partial charge on any atom is 0.325 e. The van der Waals surface area contributed by atoms with Gasteiger partial charge in [-0.25, -0.2) is 9.79 Å². The van der Waals surface area contributed by atoms with Crippen LogP contribution in [0.25, 0.3) is 0 Å². The predicted octanol–water partition coefficient (Wildman–Crippen LogP) is 0.539. The van der Waals surface area contributed by atoms with Gasteiger partial charge in [-0.1, -0.05) is 13.3 Å². The summed E-state index contributed by atoms with van der Waals surface area (Å²) in [4.78, 5) is 44.9. The minimum atomic E-state index is -0.709. The van der Waals surface area contributed by atoms with Crippen molar-refractivity contribution >= 4 is 24.1 Å². The first-order valence-corrected chi connectivity index (χ1v) is 7.27. The van der Waals surface area contributed by atoms with Gasteiger partial charge in [0.05, 0.1) is 0 Å². The largest absolute Gasteiger partial charge is 0.494 e. The summed E-state index contributed by atoms with van der Waals surface area (Å²) < 4.78 is 1.50. The van der Waals surface area contributed by atoms with Crippen LogP contribution in [0, 0.1) is 4.77 Å². The van der Waals surface area contributed by atoms with Crippen LogP contribution in [0.4, 0.5) is 5.69 Å². The van der Waals surface area contributed by atoms with E-state index in [4.69, 9.17) is 12.2 Å². The molecule has 9 nitrogen and oxygen atoms in total. The van der Waals surface area contributed by atoms with Gasteiger partial charge in [-0.2, -0.15) is 0 Å². The highest BCUT2D eigenvalue weighted by Gasteiger charge is 2.10. The molecule has 0 unspecified atom stereocenters. The minimum Gasteiger partial charge on any atom is -0.494 e. The fourth-order valence-electron chi connectivity index (χ4n) is 1.85. The molecule has 0 saturated carbocycles. The Bertz CT molecular complexity index is 966. The molecule has 2 aromatic rings. The molecule has 2 rings (SSSR count). The van der Waals surface area contributed by atoms with Gasteiger partial charge in [0, 0.05) is 19.0 Å². The highest BCUT2D eigenvalue weighted by molar-refractivity contribution is 7.71. The normalized spacial score (nSPS) is 11.2. The van der Waals surface area contributed by atoms with Crippen LogP contribution >= 0.6 is 12.2 Å². The number of hydrogen-bond acceptors (Lipinski definition) is 6. The summed E-state index contributed by atoms with van der Waals surface area (Å²) in [5, 5.41) is 10.2. The summed E-state index contributed by atoms with van der Waals surface area (Å²) in [6, 6.07) is 0. The van der Waals surface area contributed by atoms with Crippen molar-refractivity contribution < 1.29 is 5.11 Å². The molecule has 10 heteroatoms. The van der Waals surface area contributed by atoms with Gasteiger partial charge >= 0.3 is 5.69 Å². The lowest BCUT2D eigenvalue weighted by atomic mass is 10.3. The van der Waals surface area contributed by atoms with E-state index in [9.17, 15) is 19.5 Å². The number of rotatable bonds is 5. The maximum absolute atomic E-state index is 11.9. The van der Waals surface area contributed by atoms with Gasteiger partial charge in [0.1, 0.15) is 11.3 Å². The van der Waals surface area contributed by atoms with Gasteiger partial charge in [-0.3, -0.25) is 24.1 Å². The van der Waals surface area contributed by atoms with Crippen molar-refractivity contribution in [3.63, 3.8) is 0 Å². The average Bonchev–Trinajstić information content (AvgIpc) is 2.48. The molecule has 2 aromatic heterocycles. The molecule has 0 spiro atoms. The molecule has 4 N–H and O–H groups in total. The fourth-order valence-corrected chi connectivity index (χ4v) is 2.12. The molecule has 0 atom stereocenters. The SMILES string of the molecule is CCCCn1c(O)c(C=Nc2c[nH]c(=O)[nH]c2=O)c(=O)[nH]c1=S. The van der Waals surface area contributed by atoms with Crippen LogP contribution in [0.3, 0.4) is 0 Å². The van der Waals surface area contributed by atoms with Crippen LogP contribution in [0.5, 0.6) is 5.88 Å². The Kier molecular flexibility index (Phi) is 5.06. The minimum absolute atomic E-state index is 0.106. The summed E-state index contributed by atoms with van der Waals surface area (Å²) in [7, 11) is 0. The molecule has 0 aliphatic carbocycles. The van der Waals surface area contributed by atoms with E-state index in [2.05, 4.69) is 15.0 Å². The third-order valence-corrected chi connectivity index (χ3v) is 3.40. The van der Waals surface area contributed by atoms with E-state index in [1.165, 1.54) is 4.57 Å². The molecule has 0 bridgehead atoms. The maximum atomic E-state index is 11.9. The smallest absolute Gasteiger partial charge is 0.325 e. The molecule has 0 aromatic carbocycles. The van der Waals surface area contributed by atoms with Gasteiger partial charge in [-0.05, 0) is 18.6 Å². The monoisotopic (exact) mass is 337 g/mol. The number of aromatic hydroxyl groups is 1. The molecular weight excluding hydrogens is 322 g/mol. The van der Waals surface area contributed by atoms with Gasteiger partial charge < -0.3 is 10.1 Å². The number of nitrogens with one attached hydrogen (secondary N) is 3. The van der Waals surface area contributed by atoms with Crippen LogP contribution in [0.1, 0.15) is 25.3 Å². The van der Waals surface area contributed by atoms with Gasteiger partial charge in [-0.15, -0.1) is 0 Å².